The summed E-state index contributed by atoms with van der Waals surface area (Å²) >= 11 is 0. The van der Waals surface area contributed by atoms with Gasteiger partial charge in [0.1, 0.15) is 6.54 Å². The maximum atomic E-state index is 11.8. The molecule has 0 aliphatic heterocycles. The molecule has 0 spiro atoms. The third-order valence-corrected chi connectivity index (χ3v) is 3.05. The minimum atomic E-state index is -1.13. The first-order chi connectivity index (χ1) is 9.99. The Kier molecular flexibility index (Phi) is 4.51. The number of aromatic carboxylic acids is 1. The average molecular weight is 295 g/mol. The lowest BCUT2D eigenvalue weighted by atomic mass is 10.2. The maximum absolute atomic E-state index is 11.8. The highest BCUT2D eigenvalue weighted by Crippen LogP contribution is 2.41. The van der Waals surface area contributed by atoms with E-state index in [4.69, 9.17) is 5.11 Å². The molecule has 1 saturated carbocycles. The zero-order valence-electron chi connectivity index (χ0n) is 11.6. The third-order valence-electron chi connectivity index (χ3n) is 3.05. The Morgan fingerprint density at radius 2 is 1.95 bits per heavy atom. The zero-order valence-corrected chi connectivity index (χ0v) is 11.6. The fourth-order valence-electron chi connectivity index (χ4n) is 1.98. The molecule has 9 nitrogen and oxygen atoms in total. The Labute approximate surface area is 120 Å². The van der Waals surface area contributed by atoms with Crippen LogP contribution in [0.25, 0.3) is 0 Å². The lowest BCUT2D eigenvalue weighted by molar-refractivity contribution is -0.122. The standard InChI is InChI=1S/C12H17N5O4/c1-7(18)13-4-5-14-9(19)6-17-11(8-2-3-8)10(12(20)21)15-16-17/h8H,2-6H2,1H3,(H,13,18)(H,14,19)(H,20,21). The van der Waals surface area contributed by atoms with Gasteiger partial charge in [-0.15, -0.1) is 5.10 Å². The van der Waals surface area contributed by atoms with Gasteiger partial charge >= 0.3 is 5.97 Å². The van der Waals surface area contributed by atoms with Crippen LogP contribution in [-0.4, -0.2) is 51.0 Å². The molecule has 2 amide bonds. The molecule has 0 atom stereocenters. The number of nitrogens with zero attached hydrogens (tertiary/aromatic N) is 3. The SMILES string of the molecule is CC(=O)NCCNC(=O)Cn1nnc(C(=O)O)c1C1CC1. The van der Waals surface area contributed by atoms with Crippen LogP contribution in [0.5, 0.6) is 0 Å². The number of aromatic nitrogens is 3. The van der Waals surface area contributed by atoms with Crippen molar-refractivity contribution in [2.75, 3.05) is 13.1 Å². The van der Waals surface area contributed by atoms with Crippen molar-refractivity contribution in [3.8, 4) is 0 Å². The summed E-state index contributed by atoms with van der Waals surface area (Å²) in [6.07, 6.45) is 1.77. The van der Waals surface area contributed by atoms with Crippen LogP contribution in [-0.2, 0) is 16.1 Å². The van der Waals surface area contributed by atoms with Gasteiger partial charge in [-0.2, -0.15) is 0 Å². The first-order valence-corrected chi connectivity index (χ1v) is 6.67. The summed E-state index contributed by atoms with van der Waals surface area (Å²) in [6, 6.07) is 0. The zero-order chi connectivity index (χ0) is 15.4. The first-order valence-electron chi connectivity index (χ1n) is 6.67. The van der Waals surface area contributed by atoms with E-state index in [0.29, 0.717) is 18.8 Å². The van der Waals surface area contributed by atoms with Gasteiger partial charge in [0.15, 0.2) is 5.69 Å². The van der Waals surface area contributed by atoms with Crippen LogP contribution < -0.4 is 10.6 Å². The summed E-state index contributed by atoms with van der Waals surface area (Å²) in [5.41, 5.74) is 0.433. The monoisotopic (exact) mass is 295 g/mol. The Bertz CT molecular complexity index is 564. The van der Waals surface area contributed by atoms with Gasteiger partial charge in [-0.3, -0.25) is 9.59 Å². The Morgan fingerprint density at radius 3 is 2.52 bits per heavy atom. The Balaban J connectivity index is 1.92. The average Bonchev–Trinajstić information content (AvgIpc) is 3.15. The van der Waals surface area contributed by atoms with Crippen LogP contribution >= 0.6 is 0 Å². The predicted molar refractivity (Wildman–Crippen MR) is 70.6 cm³/mol. The highest BCUT2D eigenvalue weighted by atomic mass is 16.4. The topological polar surface area (TPSA) is 126 Å². The van der Waals surface area contributed by atoms with Crippen molar-refractivity contribution in [1.29, 1.82) is 0 Å². The van der Waals surface area contributed by atoms with E-state index in [1.807, 2.05) is 0 Å². The molecular formula is C12H17N5O4. The maximum Gasteiger partial charge on any atom is 0.358 e. The normalized spacial score (nSPS) is 13.8. The summed E-state index contributed by atoms with van der Waals surface area (Å²) in [6.45, 7) is 1.96. The van der Waals surface area contributed by atoms with E-state index in [1.165, 1.54) is 11.6 Å². The molecule has 0 aromatic carbocycles. The molecule has 1 aromatic heterocycles. The molecule has 114 valence electrons. The van der Waals surface area contributed by atoms with E-state index in [0.717, 1.165) is 12.8 Å². The van der Waals surface area contributed by atoms with Gasteiger partial charge in [0.2, 0.25) is 11.8 Å². The molecule has 1 heterocycles. The molecule has 0 unspecified atom stereocenters. The number of carboxylic acid groups (broad SMARTS) is 1. The Hall–Kier alpha value is -2.45. The minimum Gasteiger partial charge on any atom is -0.476 e. The number of amides is 2. The van der Waals surface area contributed by atoms with E-state index in [1.54, 1.807) is 0 Å². The fourth-order valence-corrected chi connectivity index (χ4v) is 1.98. The van der Waals surface area contributed by atoms with Gasteiger partial charge in [0, 0.05) is 25.9 Å². The molecule has 2 rings (SSSR count). The number of carbonyl (C=O) groups excluding carboxylic acids is 2. The lowest BCUT2D eigenvalue weighted by Gasteiger charge is -2.07. The predicted octanol–water partition coefficient (Wildman–Crippen LogP) is -0.894. The van der Waals surface area contributed by atoms with Crippen molar-refractivity contribution in [2.45, 2.75) is 32.2 Å². The molecule has 1 aliphatic carbocycles. The van der Waals surface area contributed by atoms with Crippen molar-refractivity contribution in [1.82, 2.24) is 25.6 Å². The third kappa shape index (κ3) is 4.01. The van der Waals surface area contributed by atoms with Gasteiger partial charge in [-0.25, -0.2) is 9.48 Å². The first kappa shape index (κ1) is 14.9. The van der Waals surface area contributed by atoms with E-state index in [-0.39, 0.29) is 30.0 Å². The van der Waals surface area contributed by atoms with Crippen molar-refractivity contribution in [3.05, 3.63) is 11.4 Å². The lowest BCUT2D eigenvalue weighted by Crippen LogP contribution is -2.35. The molecule has 1 aromatic rings. The van der Waals surface area contributed by atoms with Crippen LogP contribution in [0.3, 0.4) is 0 Å². The van der Waals surface area contributed by atoms with Crippen molar-refractivity contribution >= 4 is 17.8 Å². The largest absolute Gasteiger partial charge is 0.476 e. The number of nitrogens with one attached hydrogen (secondary N) is 2. The molecule has 0 saturated heterocycles. The van der Waals surface area contributed by atoms with E-state index in [2.05, 4.69) is 20.9 Å². The molecule has 0 bridgehead atoms. The molecule has 9 heteroatoms. The van der Waals surface area contributed by atoms with Crippen LogP contribution in [0.4, 0.5) is 0 Å². The van der Waals surface area contributed by atoms with Gasteiger partial charge < -0.3 is 15.7 Å². The van der Waals surface area contributed by atoms with Crippen molar-refractivity contribution in [3.63, 3.8) is 0 Å². The molecule has 0 radical (unpaired) electrons. The number of rotatable bonds is 7. The van der Waals surface area contributed by atoms with E-state index >= 15 is 0 Å². The summed E-state index contributed by atoms with van der Waals surface area (Å²) in [4.78, 5) is 33.5. The molecule has 1 aliphatic rings. The molecule has 3 N–H and O–H groups in total. The number of carboxylic acids is 1. The van der Waals surface area contributed by atoms with Crippen LogP contribution in [0, 0.1) is 0 Å². The second kappa shape index (κ2) is 6.33. The number of carbonyl (C=O) groups is 3. The van der Waals surface area contributed by atoms with Crippen LogP contribution in [0.2, 0.25) is 0 Å². The van der Waals surface area contributed by atoms with Crippen molar-refractivity contribution in [2.24, 2.45) is 0 Å². The summed E-state index contributed by atoms with van der Waals surface area (Å²) in [5, 5.41) is 21.6. The van der Waals surface area contributed by atoms with Gasteiger partial charge in [0.25, 0.3) is 0 Å². The van der Waals surface area contributed by atoms with E-state index < -0.39 is 5.97 Å². The summed E-state index contributed by atoms with van der Waals surface area (Å²) < 4.78 is 1.34. The second-order valence-corrected chi connectivity index (χ2v) is 4.89. The fraction of sp³-hybridized carbons (Fsp3) is 0.583. The summed E-state index contributed by atoms with van der Waals surface area (Å²) in [7, 11) is 0. The quantitative estimate of drug-likeness (QED) is 0.560. The van der Waals surface area contributed by atoms with Gasteiger partial charge in [-0.05, 0) is 12.8 Å². The summed E-state index contributed by atoms with van der Waals surface area (Å²) in [5.74, 6) is -1.47. The van der Waals surface area contributed by atoms with Crippen LogP contribution in [0.15, 0.2) is 0 Å². The number of hydrogen-bond acceptors (Lipinski definition) is 5. The van der Waals surface area contributed by atoms with Gasteiger partial charge in [-0.1, -0.05) is 5.21 Å². The Morgan fingerprint density at radius 1 is 1.29 bits per heavy atom. The van der Waals surface area contributed by atoms with Gasteiger partial charge in [0.05, 0.1) is 5.69 Å². The highest BCUT2D eigenvalue weighted by Gasteiger charge is 2.34. The van der Waals surface area contributed by atoms with Crippen LogP contribution in [0.1, 0.15) is 41.9 Å². The smallest absolute Gasteiger partial charge is 0.358 e. The second-order valence-electron chi connectivity index (χ2n) is 4.89. The molecule has 1 fully saturated rings. The van der Waals surface area contributed by atoms with E-state index in [9.17, 15) is 14.4 Å². The molecule has 21 heavy (non-hydrogen) atoms. The highest BCUT2D eigenvalue weighted by molar-refractivity contribution is 5.87. The molecular weight excluding hydrogens is 278 g/mol. The number of hydrogen-bond donors (Lipinski definition) is 3. The minimum absolute atomic E-state index is 0.0772. The van der Waals surface area contributed by atoms with Crippen molar-refractivity contribution < 1.29 is 19.5 Å².